The fourth-order valence-corrected chi connectivity index (χ4v) is 3.51. The molecule has 1 aromatic carbocycles. The third-order valence-electron chi connectivity index (χ3n) is 4.73. The number of hydrogen-bond acceptors (Lipinski definition) is 4. The number of ether oxygens (including phenoxy) is 2. The number of aromatic amines is 1. The molecule has 1 N–H and O–H groups in total. The zero-order valence-electron chi connectivity index (χ0n) is 16.8. The van der Waals surface area contributed by atoms with Gasteiger partial charge in [0.05, 0.1) is 14.2 Å². The molecule has 0 spiro atoms. The lowest BCUT2D eigenvalue weighted by Gasteiger charge is -2.19. The van der Waals surface area contributed by atoms with E-state index in [1.807, 2.05) is 18.2 Å². The van der Waals surface area contributed by atoms with E-state index in [2.05, 4.69) is 36.8 Å². The average molecular weight is 368 g/mol. The van der Waals surface area contributed by atoms with Crippen LogP contribution in [0.15, 0.2) is 35.0 Å². The van der Waals surface area contributed by atoms with Crippen LogP contribution in [0.4, 0.5) is 0 Å². The van der Waals surface area contributed by atoms with Crippen molar-refractivity contribution in [3.63, 3.8) is 0 Å². The Morgan fingerprint density at radius 3 is 2.70 bits per heavy atom. The summed E-state index contributed by atoms with van der Waals surface area (Å²) in [6.45, 7) is 6.71. The SMILES string of the molecule is COC(=O)C1=CCCC(Cc2c(CC(C)(C)C)[nH]c3cc(OC)ccc23)=N1. The van der Waals surface area contributed by atoms with E-state index in [0.717, 1.165) is 42.7 Å². The van der Waals surface area contributed by atoms with E-state index in [0.29, 0.717) is 5.70 Å². The zero-order valence-corrected chi connectivity index (χ0v) is 16.8. The third-order valence-corrected chi connectivity index (χ3v) is 4.73. The van der Waals surface area contributed by atoms with Crippen molar-refractivity contribution in [2.75, 3.05) is 14.2 Å². The molecule has 5 nitrogen and oxygen atoms in total. The fraction of sp³-hybridized carbons (Fsp3) is 0.455. The molecule has 2 aromatic rings. The van der Waals surface area contributed by atoms with E-state index in [1.54, 1.807) is 7.11 Å². The van der Waals surface area contributed by atoms with Gasteiger partial charge in [-0.1, -0.05) is 26.8 Å². The molecule has 1 aromatic heterocycles. The van der Waals surface area contributed by atoms with Gasteiger partial charge >= 0.3 is 5.97 Å². The standard InChI is InChI=1S/C22H28N2O3/c1-22(2,3)13-20-17(16-10-9-15(26-4)12-19(16)24-20)11-14-7-6-8-18(23-14)21(25)27-5/h8-10,12,24H,6-7,11,13H2,1-5H3. The molecule has 2 heterocycles. The number of carbonyl (C=O) groups excluding carboxylic acids is 1. The van der Waals surface area contributed by atoms with E-state index >= 15 is 0 Å². The Kier molecular flexibility index (Phi) is 5.40. The van der Waals surface area contributed by atoms with Crippen molar-refractivity contribution < 1.29 is 14.3 Å². The number of H-pyrrole nitrogens is 1. The lowest BCUT2D eigenvalue weighted by molar-refractivity contribution is -0.136. The van der Waals surface area contributed by atoms with Crippen LogP contribution in [0.2, 0.25) is 0 Å². The summed E-state index contributed by atoms with van der Waals surface area (Å²) in [5.74, 6) is 0.467. The minimum absolute atomic E-state index is 0.158. The van der Waals surface area contributed by atoms with Gasteiger partial charge in [0.15, 0.2) is 0 Å². The van der Waals surface area contributed by atoms with Crippen molar-refractivity contribution in [1.29, 1.82) is 0 Å². The minimum atomic E-state index is -0.370. The molecule has 5 heteroatoms. The van der Waals surface area contributed by atoms with Crippen molar-refractivity contribution >= 4 is 22.6 Å². The first-order chi connectivity index (χ1) is 12.8. The van der Waals surface area contributed by atoms with E-state index < -0.39 is 0 Å². The van der Waals surface area contributed by atoms with E-state index in [1.165, 1.54) is 23.8 Å². The van der Waals surface area contributed by atoms with Crippen LogP contribution < -0.4 is 4.74 Å². The fourth-order valence-electron chi connectivity index (χ4n) is 3.51. The molecule has 0 radical (unpaired) electrons. The number of benzene rings is 1. The monoisotopic (exact) mass is 368 g/mol. The summed E-state index contributed by atoms with van der Waals surface area (Å²) in [4.78, 5) is 20.0. The lowest BCUT2D eigenvalue weighted by Crippen LogP contribution is -2.15. The second kappa shape index (κ2) is 7.59. The molecular formula is C22H28N2O3. The summed E-state index contributed by atoms with van der Waals surface area (Å²) >= 11 is 0. The number of nitrogens with one attached hydrogen (secondary N) is 1. The molecule has 0 bridgehead atoms. The van der Waals surface area contributed by atoms with Crippen LogP contribution in [0, 0.1) is 5.41 Å². The Bertz CT molecular complexity index is 914. The molecule has 3 rings (SSSR count). The highest BCUT2D eigenvalue weighted by Gasteiger charge is 2.21. The number of aliphatic imine (C=N–C) groups is 1. The smallest absolute Gasteiger partial charge is 0.356 e. The van der Waals surface area contributed by atoms with Crippen LogP contribution in [0.1, 0.15) is 44.9 Å². The van der Waals surface area contributed by atoms with Gasteiger partial charge in [0, 0.05) is 34.8 Å². The predicted octanol–water partition coefficient (Wildman–Crippen LogP) is 4.60. The highest BCUT2D eigenvalue weighted by Crippen LogP contribution is 2.31. The van der Waals surface area contributed by atoms with Gasteiger partial charge in [-0.2, -0.15) is 0 Å². The number of carbonyl (C=O) groups is 1. The molecule has 1 aliphatic heterocycles. The van der Waals surface area contributed by atoms with Gasteiger partial charge in [-0.15, -0.1) is 0 Å². The quantitative estimate of drug-likeness (QED) is 0.785. The molecule has 0 atom stereocenters. The number of aromatic nitrogens is 1. The molecule has 0 unspecified atom stereocenters. The van der Waals surface area contributed by atoms with Crippen molar-refractivity contribution in [2.24, 2.45) is 10.4 Å². The molecule has 1 aliphatic rings. The second-order valence-electron chi connectivity index (χ2n) is 8.21. The normalized spacial score (nSPS) is 14.7. The maximum absolute atomic E-state index is 11.8. The van der Waals surface area contributed by atoms with Crippen molar-refractivity contribution in [3.8, 4) is 5.75 Å². The van der Waals surface area contributed by atoms with Crippen LogP contribution in [-0.4, -0.2) is 30.9 Å². The molecule has 0 aliphatic carbocycles. The topological polar surface area (TPSA) is 63.7 Å². The maximum atomic E-state index is 11.8. The number of hydrogen-bond donors (Lipinski definition) is 1. The van der Waals surface area contributed by atoms with Gasteiger partial charge < -0.3 is 14.5 Å². The average Bonchev–Trinajstić information content (AvgIpc) is 2.95. The number of rotatable bonds is 5. The number of methoxy groups -OCH3 is 2. The zero-order chi connectivity index (χ0) is 19.6. The lowest BCUT2D eigenvalue weighted by atomic mass is 9.88. The Labute approximate surface area is 160 Å². The number of fused-ring (bicyclic) bond motifs is 1. The van der Waals surface area contributed by atoms with Gasteiger partial charge in [0.2, 0.25) is 0 Å². The van der Waals surface area contributed by atoms with E-state index in [-0.39, 0.29) is 11.4 Å². The van der Waals surface area contributed by atoms with E-state index in [4.69, 9.17) is 9.47 Å². The Morgan fingerprint density at radius 1 is 1.26 bits per heavy atom. The van der Waals surface area contributed by atoms with Gasteiger partial charge in [-0.3, -0.25) is 4.99 Å². The first kappa shape index (κ1) is 19.2. The first-order valence-electron chi connectivity index (χ1n) is 9.33. The number of esters is 1. The van der Waals surface area contributed by atoms with Crippen molar-refractivity contribution in [1.82, 2.24) is 4.98 Å². The Hall–Kier alpha value is -2.56. The van der Waals surface area contributed by atoms with Crippen LogP contribution >= 0.6 is 0 Å². The van der Waals surface area contributed by atoms with Crippen LogP contribution in [0.25, 0.3) is 10.9 Å². The molecule has 0 fully saturated rings. The number of nitrogens with zero attached hydrogens (tertiary/aromatic N) is 1. The predicted molar refractivity (Wildman–Crippen MR) is 108 cm³/mol. The minimum Gasteiger partial charge on any atom is -0.497 e. The van der Waals surface area contributed by atoms with Gasteiger partial charge in [-0.25, -0.2) is 4.79 Å². The van der Waals surface area contributed by atoms with Crippen molar-refractivity contribution in [3.05, 3.63) is 41.2 Å². The summed E-state index contributed by atoms with van der Waals surface area (Å²) < 4.78 is 10.2. The summed E-state index contributed by atoms with van der Waals surface area (Å²) in [5, 5.41) is 1.19. The van der Waals surface area contributed by atoms with Gasteiger partial charge in [0.25, 0.3) is 0 Å². The van der Waals surface area contributed by atoms with Crippen LogP contribution in [0.5, 0.6) is 5.75 Å². The van der Waals surface area contributed by atoms with Crippen LogP contribution in [-0.2, 0) is 22.4 Å². The van der Waals surface area contributed by atoms with E-state index in [9.17, 15) is 4.79 Å². The summed E-state index contributed by atoms with van der Waals surface area (Å²) in [6.07, 6.45) is 5.19. The molecule has 27 heavy (non-hydrogen) atoms. The highest BCUT2D eigenvalue weighted by atomic mass is 16.5. The van der Waals surface area contributed by atoms with Gasteiger partial charge in [0.1, 0.15) is 11.4 Å². The summed E-state index contributed by atoms with van der Waals surface area (Å²) in [7, 11) is 3.07. The second-order valence-corrected chi connectivity index (χ2v) is 8.21. The summed E-state index contributed by atoms with van der Waals surface area (Å²) in [5.41, 5.74) is 5.15. The molecule has 0 saturated heterocycles. The molecule has 144 valence electrons. The Morgan fingerprint density at radius 2 is 2.04 bits per heavy atom. The van der Waals surface area contributed by atoms with Gasteiger partial charge in [-0.05, 0) is 42.4 Å². The third kappa shape index (κ3) is 4.41. The van der Waals surface area contributed by atoms with Crippen LogP contribution in [0.3, 0.4) is 0 Å². The first-order valence-corrected chi connectivity index (χ1v) is 9.33. The number of allylic oxidation sites excluding steroid dienone is 1. The highest BCUT2D eigenvalue weighted by molar-refractivity contribution is 5.98. The maximum Gasteiger partial charge on any atom is 0.356 e. The largest absolute Gasteiger partial charge is 0.497 e. The Balaban J connectivity index is 2.01. The molecule has 0 saturated carbocycles. The molecular weight excluding hydrogens is 340 g/mol. The summed E-state index contributed by atoms with van der Waals surface area (Å²) in [6, 6.07) is 6.13. The van der Waals surface area contributed by atoms with Crippen molar-refractivity contribution in [2.45, 2.75) is 46.5 Å². The molecule has 0 amide bonds.